The molecular weight excluding hydrogens is 483 g/mol. The summed E-state index contributed by atoms with van der Waals surface area (Å²) < 4.78 is 59.7. The summed E-state index contributed by atoms with van der Waals surface area (Å²) in [5, 5.41) is 0.774. The smallest absolute Gasteiger partial charge is 0.456 e. The van der Waals surface area contributed by atoms with Gasteiger partial charge < -0.3 is 24.3 Å². The zero-order valence-corrected chi connectivity index (χ0v) is 17.8. The van der Waals surface area contributed by atoms with Gasteiger partial charge in [-0.2, -0.15) is 13.2 Å². The normalized spacial score (nSPS) is 30.0. The van der Waals surface area contributed by atoms with E-state index in [2.05, 4.69) is 15.9 Å². The quantitative estimate of drug-likeness (QED) is 0.328. The first kappa shape index (κ1) is 24.4. The second-order valence-electron chi connectivity index (χ2n) is 7.01. The van der Waals surface area contributed by atoms with Gasteiger partial charge in [0.25, 0.3) is 0 Å². The number of carbonyl (C=O) groups is 4. The highest BCUT2D eigenvalue weighted by Crippen LogP contribution is 2.41. The molecule has 9 nitrogen and oxygen atoms in total. The zero-order chi connectivity index (χ0) is 22.8. The molecule has 1 amide bonds. The van der Waals surface area contributed by atoms with Crippen LogP contribution in [0, 0.1) is 5.92 Å². The monoisotopic (exact) mass is 503 g/mol. The van der Waals surface area contributed by atoms with Crippen molar-refractivity contribution in [1.82, 2.24) is 5.32 Å². The van der Waals surface area contributed by atoms with Gasteiger partial charge in [0.15, 0.2) is 23.3 Å². The number of ether oxygens (including phenoxy) is 4. The zero-order valence-electron chi connectivity index (χ0n) is 16.2. The van der Waals surface area contributed by atoms with Gasteiger partial charge in [0.2, 0.25) is 0 Å². The van der Waals surface area contributed by atoms with E-state index in [-0.39, 0.29) is 5.92 Å². The van der Waals surface area contributed by atoms with Crippen molar-refractivity contribution < 1.29 is 51.3 Å². The molecule has 0 bridgehead atoms. The Kier molecular flexibility index (Phi) is 7.72. The number of hydrogen-bond acceptors (Lipinski definition) is 8. The molecule has 0 spiro atoms. The van der Waals surface area contributed by atoms with E-state index in [0.717, 1.165) is 20.8 Å². The van der Waals surface area contributed by atoms with Gasteiger partial charge in [-0.1, -0.05) is 15.9 Å². The minimum atomic E-state index is -5.14. The molecule has 30 heavy (non-hydrogen) atoms. The molecule has 1 aliphatic carbocycles. The first-order chi connectivity index (χ1) is 13.8. The molecule has 0 unspecified atom stereocenters. The standard InChI is InChI=1S/C17H21BrF3NO8/c1-6(23)27-12-11(10(9-4-5-9)22-16(26)17(19,20)21)30-15(18)14(29-8(3)25)13(12)28-7(2)24/h9-15H,4-5H2,1-3H3,(H,22,26)/t10-,11-,12+,13+,14-,15+/m1/s1. The van der Waals surface area contributed by atoms with E-state index in [1.165, 1.54) is 0 Å². The summed E-state index contributed by atoms with van der Waals surface area (Å²) in [5.41, 5.74) is 0. The van der Waals surface area contributed by atoms with Crippen LogP contribution in [0.15, 0.2) is 0 Å². The topological polar surface area (TPSA) is 117 Å². The number of amides is 1. The van der Waals surface area contributed by atoms with E-state index in [0.29, 0.717) is 12.8 Å². The van der Waals surface area contributed by atoms with Crippen molar-refractivity contribution in [2.24, 2.45) is 5.92 Å². The van der Waals surface area contributed by atoms with E-state index in [1.54, 1.807) is 0 Å². The van der Waals surface area contributed by atoms with Crippen molar-refractivity contribution >= 4 is 39.7 Å². The van der Waals surface area contributed by atoms with Crippen LogP contribution in [0.1, 0.15) is 33.6 Å². The van der Waals surface area contributed by atoms with Crippen LogP contribution in [0.4, 0.5) is 13.2 Å². The summed E-state index contributed by atoms with van der Waals surface area (Å²) in [4.78, 5) is 46.4. The van der Waals surface area contributed by atoms with Gasteiger partial charge in [0, 0.05) is 20.8 Å². The van der Waals surface area contributed by atoms with Crippen molar-refractivity contribution in [2.45, 2.75) is 75.3 Å². The molecule has 1 aliphatic heterocycles. The molecule has 0 radical (unpaired) electrons. The van der Waals surface area contributed by atoms with Crippen molar-refractivity contribution in [3.63, 3.8) is 0 Å². The van der Waals surface area contributed by atoms with Gasteiger partial charge in [-0.15, -0.1) is 0 Å². The predicted molar refractivity (Wildman–Crippen MR) is 95.0 cm³/mol. The molecule has 13 heteroatoms. The summed E-state index contributed by atoms with van der Waals surface area (Å²) in [7, 11) is 0. The minimum Gasteiger partial charge on any atom is -0.456 e. The van der Waals surface area contributed by atoms with E-state index in [4.69, 9.17) is 18.9 Å². The maximum absolute atomic E-state index is 12.8. The van der Waals surface area contributed by atoms with Crippen LogP contribution in [0.5, 0.6) is 0 Å². The lowest BCUT2D eigenvalue weighted by Crippen LogP contribution is -2.65. The Balaban J connectivity index is 2.41. The minimum absolute atomic E-state index is 0.373. The first-order valence-electron chi connectivity index (χ1n) is 9.00. The molecule has 1 saturated carbocycles. The third kappa shape index (κ3) is 6.30. The van der Waals surface area contributed by atoms with Crippen molar-refractivity contribution in [1.29, 1.82) is 0 Å². The maximum atomic E-state index is 12.8. The highest BCUT2D eigenvalue weighted by molar-refractivity contribution is 9.09. The Morgan fingerprint density at radius 3 is 1.83 bits per heavy atom. The number of rotatable bonds is 6. The third-order valence-corrected chi connectivity index (χ3v) is 5.20. The molecule has 0 aromatic carbocycles. The summed E-state index contributed by atoms with van der Waals surface area (Å²) in [6.07, 6.45) is -9.52. The largest absolute Gasteiger partial charge is 0.471 e. The number of nitrogens with one attached hydrogen (secondary N) is 1. The van der Waals surface area contributed by atoms with E-state index < -0.39 is 65.5 Å². The molecule has 2 rings (SSSR count). The highest BCUT2D eigenvalue weighted by Gasteiger charge is 2.56. The lowest BCUT2D eigenvalue weighted by atomic mass is 9.91. The fourth-order valence-electron chi connectivity index (χ4n) is 3.24. The summed E-state index contributed by atoms with van der Waals surface area (Å²) in [6.45, 7) is 3.20. The Hall–Kier alpha value is -1.89. The van der Waals surface area contributed by atoms with E-state index in [9.17, 15) is 32.3 Å². The molecule has 1 N–H and O–H groups in total. The van der Waals surface area contributed by atoms with E-state index >= 15 is 0 Å². The first-order valence-corrected chi connectivity index (χ1v) is 9.91. The SMILES string of the molecule is CC(=O)O[C@@H]1[C@H](OC(C)=O)[C@@H](OC(C)=O)[C@@H](Br)O[C@@H]1[C@H](NC(=O)C(F)(F)F)C1CC1. The van der Waals surface area contributed by atoms with Gasteiger partial charge in [-0.3, -0.25) is 19.2 Å². The third-order valence-electron chi connectivity index (χ3n) is 4.46. The predicted octanol–water partition coefficient (Wildman–Crippen LogP) is 1.36. The Labute approximate surface area is 178 Å². The number of halogens is 4. The number of alkyl halides is 4. The molecule has 1 heterocycles. The second-order valence-corrected chi connectivity index (χ2v) is 7.91. The molecule has 2 aliphatic rings. The van der Waals surface area contributed by atoms with Crippen LogP contribution in [0.25, 0.3) is 0 Å². The molecule has 1 saturated heterocycles. The average molecular weight is 504 g/mol. The van der Waals surface area contributed by atoms with Crippen LogP contribution in [-0.2, 0) is 38.1 Å². The van der Waals surface area contributed by atoms with Gasteiger partial charge in [0.05, 0.1) is 6.04 Å². The number of carbonyl (C=O) groups excluding carboxylic acids is 4. The van der Waals surface area contributed by atoms with Gasteiger partial charge in [-0.05, 0) is 18.8 Å². The molecule has 6 atom stereocenters. The molecular formula is C17H21BrF3NO8. The fourth-order valence-corrected chi connectivity index (χ4v) is 3.90. The average Bonchev–Trinajstić information content (AvgIpc) is 3.41. The summed E-state index contributed by atoms with van der Waals surface area (Å²) >= 11 is 3.13. The van der Waals surface area contributed by atoms with Gasteiger partial charge >= 0.3 is 30.0 Å². The van der Waals surface area contributed by atoms with Crippen LogP contribution in [-0.4, -0.2) is 65.5 Å². The van der Waals surface area contributed by atoms with Crippen LogP contribution >= 0.6 is 15.9 Å². The second kappa shape index (κ2) is 9.50. The van der Waals surface area contributed by atoms with Gasteiger partial charge in [-0.25, -0.2) is 0 Å². The van der Waals surface area contributed by atoms with Crippen LogP contribution in [0.2, 0.25) is 0 Å². The van der Waals surface area contributed by atoms with Crippen LogP contribution < -0.4 is 5.32 Å². The van der Waals surface area contributed by atoms with E-state index in [1.807, 2.05) is 5.32 Å². The van der Waals surface area contributed by atoms with Gasteiger partial charge in [0.1, 0.15) is 6.10 Å². The highest BCUT2D eigenvalue weighted by atomic mass is 79.9. The van der Waals surface area contributed by atoms with Crippen molar-refractivity contribution in [2.75, 3.05) is 0 Å². The number of hydrogen-bond donors (Lipinski definition) is 1. The molecule has 2 fully saturated rings. The lowest BCUT2D eigenvalue weighted by molar-refractivity contribution is -0.236. The lowest BCUT2D eigenvalue weighted by Gasteiger charge is -2.45. The maximum Gasteiger partial charge on any atom is 0.471 e. The Morgan fingerprint density at radius 2 is 1.40 bits per heavy atom. The number of esters is 3. The van der Waals surface area contributed by atoms with Crippen molar-refractivity contribution in [3.8, 4) is 0 Å². The Bertz CT molecular complexity index is 699. The molecule has 0 aromatic heterocycles. The Morgan fingerprint density at radius 1 is 0.933 bits per heavy atom. The fraction of sp³-hybridized carbons (Fsp3) is 0.765. The summed E-state index contributed by atoms with van der Waals surface area (Å²) in [6, 6.07) is -1.19. The molecule has 170 valence electrons. The van der Waals surface area contributed by atoms with Crippen LogP contribution in [0.3, 0.4) is 0 Å². The van der Waals surface area contributed by atoms with Crippen molar-refractivity contribution in [3.05, 3.63) is 0 Å². The summed E-state index contributed by atoms with van der Waals surface area (Å²) in [5.74, 6) is -4.95. The molecule has 0 aromatic rings.